The molecule has 0 saturated carbocycles. The predicted octanol–water partition coefficient (Wildman–Crippen LogP) is 3.61. The van der Waals surface area contributed by atoms with Crippen LogP contribution < -0.4 is 10.6 Å². The molecule has 2 N–H and O–H groups in total. The lowest BCUT2D eigenvalue weighted by Crippen LogP contribution is -2.26. The van der Waals surface area contributed by atoms with Gasteiger partial charge in [0.25, 0.3) is 5.91 Å². The van der Waals surface area contributed by atoms with E-state index in [0.29, 0.717) is 16.6 Å². The summed E-state index contributed by atoms with van der Waals surface area (Å²) in [6.45, 7) is 4.12. The van der Waals surface area contributed by atoms with Crippen molar-refractivity contribution in [3.63, 3.8) is 0 Å². The Labute approximate surface area is 162 Å². The highest BCUT2D eigenvalue weighted by Gasteiger charge is 2.21. The Kier molecular flexibility index (Phi) is 5.31. The van der Waals surface area contributed by atoms with Crippen LogP contribution in [0.1, 0.15) is 46.6 Å². The number of carbonyl (C=O) groups excluding carboxylic acids is 1. The summed E-state index contributed by atoms with van der Waals surface area (Å²) in [6, 6.07) is 9.87. The summed E-state index contributed by atoms with van der Waals surface area (Å²) in [7, 11) is 0. The van der Waals surface area contributed by atoms with Crippen molar-refractivity contribution in [3.8, 4) is 5.69 Å². The summed E-state index contributed by atoms with van der Waals surface area (Å²) < 4.78 is 1.83. The van der Waals surface area contributed by atoms with Gasteiger partial charge in [-0.2, -0.15) is 5.10 Å². The number of hydrogen-bond donors (Lipinski definition) is 2. The number of rotatable bonds is 5. The topological polar surface area (TPSA) is 71.8 Å². The van der Waals surface area contributed by atoms with Gasteiger partial charge >= 0.3 is 0 Å². The summed E-state index contributed by atoms with van der Waals surface area (Å²) in [5.41, 5.74) is 2.45. The number of nitrogens with zero attached hydrogens (tertiary/aromatic N) is 3. The molecule has 0 spiro atoms. The van der Waals surface area contributed by atoms with Crippen LogP contribution in [0.5, 0.6) is 0 Å². The highest BCUT2D eigenvalue weighted by Crippen LogP contribution is 2.32. The maximum Gasteiger partial charge on any atom is 0.260 e. The van der Waals surface area contributed by atoms with Crippen molar-refractivity contribution in [2.45, 2.75) is 32.1 Å². The fourth-order valence-corrected chi connectivity index (χ4v) is 4.48. The number of aromatic nitrogens is 3. The smallest absolute Gasteiger partial charge is 0.260 e. The number of nitrogens with one attached hydrogen (secondary N) is 2. The molecular weight excluding hydrogens is 358 g/mol. The van der Waals surface area contributed by atoms with Crippen molar-refractivity contribution in [2.24, 2.45) is 0 Å². The number of benzene rings is 1. The number of thiazole rings is 1. The molecule has 0 aliphatic carbocycles. The second kappa shape index (κ2) is 8.02. The largest absolute Gasteiger partial charge is 0.317 e. The van der Waals surface area contributed by atoms with Crippen LogP contribution in [0.3, 0.4) is 0 Å². The maximum atomic E-state index is 12.8. The molecule has 3 aromatic rings. The molecule has 27 heavy (non-hydrogen) atoms. The number of piperidine rings is 1. The maximum absolute atomic E-state index is 12.8. The molecule has 1 saturated heterocycles. The van der Waals surface area contributed by atoms with Gasteiger partial charge in [-0.1, -0.05) is 25.1 Å². The molecule has 4 rings (SSSR count). The Morgan fingerprint density at radius 3 is 2.78 bits per heavy atom. The van der Waals surface area contributed by atoms with Gasteiger partial charge in [0.2, 0.25) is 0 Å². The third-order valence-corrected chi connectivity index (χ3v) is 6.01. The second-order valence-corrected chi connectivity index (χ2v) is 7.71. The van der Waals surface area contributed by atoms with Gasteiger partial charge in [-0.3, -0.25) is 10.1 Å². The van der Waals surface area contributed by atoms with Crippen LogP contribution in [-0.2, 0) is 6.42 Å². The van der Waals surface area contributed by atoms with Crippen LogP contribution in [0.2, 0.25) is 0 Å². The van der Waals surface area contributed by atoms with E-state index in [1.807, 2.05) is 48.1 Å². The normalized spacial score (nSPS) is 15.0. The summed E-state index contributed by atoms with van der Waals surface area (Å²) in [6.07, 6.45) is 6.52. The molecule has 140 valence electrons. The number of carbonyl (C=O) groups is 1. The SMILES string of the molecule is CCc1c(C(=O)Nc2ncc(C3CCNCC3)s2)cnn1-c1ccccc1. The minimum Gasteiger partial charge on any atom is -0.317 e. The Bertz CT molecular complexity index is 912. The zero-order valence-corrected chi connectivity index (χ0v) is 16.1. The summed E-state index contributed by atoms with van der Waals surface area (Å²) in [4.78, 5) is 18.5. The minimum atomic E-state index is -0.153. The molecule has 1 aliphatic heterocycles. The lowest BCUT2D eigenvalue weighted by Gasteiger charge is -2.20. The van der Waals surface area contributed by atoms with Crippen molar-refractivity contribution in [3.05, 3.63) is 58.9 Å². The molecule has 7 heteroatoms. The molecule has 1 aromatic carbocycles. The highest BCUT2D eigenvalue weighted by atomic mass is 32.1. The van der Waals surface area contributed by atoms with Gasteiger partial charge in [0, 0.05) is 11.1 Å². The summed E-state index contributed by atoms with van der Waals surface area (Å²) in [5.74, 6) is 0.390. The van der Waals surface area contributed by atoms with Crippen LogP contribution in [0.15, 0.2) is 42.7 Å². The van der Waals surface area contributed by atoms with Crippen molar-refractivity contribution >= 4 is 22.4 Å². The van der Waals surface area contributed by atoms with Crippen LogP contribution in [0, 0.1) is 0 Å². The zero-order valence-electron chi connectivity index (χ0n) is 15.3. The third kappa shape index (κ3) is 3.79. The minimum absolute atomic E-state index is 0.153. The van der Waals surface area contributed by atoms with Crippen LogP contribution in [0.25, 0.3) is 5.69 Å². The van der Waals surface area contributed by atoms with E-state index in [2.05, 4.69) is 20.7 Å². The first kappa shape index (κ1) is 17.9. The number of amides is 1. The standard InChI is InChI=1S/C20H23N5OS/c1-2-17-16(12-23-25(17)15-6-4-3-5-7-15)19(26)24-20-22-13-18(27-20)14-8-10-21-11-9-14/h3-7,12-14,21H,2,8-11H2,1H3,(H,22,24,26). The average molecular weight is 382 g/mol. The Balaban J connectivity index is 1.52. The molecule has 0 radical (unpaired) electrons. The van der Waals surface area contributed by atoms with E-state index in [-0.39, 0.29) is 5.91 Å². The number of hydrogen-bond acceptors (Lipinski definition) is 5. The highest BCUT2D eigenvalue weighted by molar-refractivity contribution is 7.15. The van der Waals surface area contributed by atoms with Gasteiger partial charge in [-0.25, -0.2) is 9.67 Å². The molecule has 3 heterocycles. The van der Waals surface area contributed by atoms with Gasteiger partial charge in [0.15, 0.2) is 5.13 Å². The van der Waals surface area contributed by atoms with E-state index in [9.17, 15) is 4.79 Å². The lowest BCUT2D eigenvalue weighted by atomic mass is 9.97. The molecule has 1 aliphatic rings. The van der Waals surface area contributed by atoms with Gasteiger partial charge < -0.3 is 5.32 Å². The number of para-hydroxylation sites is 1. The lowest BCUT2D eigenvalue weighted by molar-refractivity contribution is 0.102. The molecule has 6 nitrogen and oxygen atoms in total. The van der Waals surface area contributed by atoms with Gasteiger partial charge in [0.1, 0.15) is 0 Å². The first-order valence-corrected chi connectivity index (χ1v) is 10.2. The average Bonchev–Trinajstić information content (AvgIpc) is 3.36. The predicted molar refractivity (Wildman–Crippen MR) is 108 cm³/mol. The van der Waals surface area contributed by atoms with Gasteiger partial charge in [-0.05, 0) is 50.4 Å². The first-order chi connectivity index (χ1) is 13.3. The van der Waals surface area contributed by atoms with E-state index in [1.165, 1.54) is 4.88 Å². The third-order valence-electron chi connectivity index (χ3n) is 4.93. The fraction of sp³-hybridized carbons (Fsp3) is 0.350. The van der Waals surface area contributed by atoms with Crippen molar-refractivity contribution in [1.82, 2.24) is 20.1 Å². The first-order valence-electron chi connectivity index (χ1n) is 9.36. The van der Waals surface area contributed by atoms with Gasteiger partial charge in [-0.15, -0.1) is 11.3 Å². The van der Waals surface area contributed by atoms with Crippen molar-refractivity contribution < 1.29 is 4.79 Å². The summed E-state index contributed by atoms with van der Waals surface area (Å²) >= 11 is 1.58. The Morgan fingerprint density at radius 1 is 1.26 bits per heavy atom. The zero-order chi connectivity index (χ0) is 18.6. The van der Waals surface area contributed by atoms with E-state index >= 15 is 0 Å². The van der Waals surface area contributed by atoms with Crippen LogP contribution >= 0.6 is 11.3 Å². The van der Waals surface area contributed by atoms with Crippen LogP contribution in [-0.4, -0.2) is 33.8 Å². The molecule has 1 fully saturated rings. The van der Waals surface area contributed by atoms with Gasteiger partial charge in [0.05, 0.1) is 23.1 Å². The molecular formula is C20H23N5OS. The fourth-order valence-electron chi connectivity index (χ4n) is 3.50. The van der Waals surface area contributed by atoms with Crippen molar-refractivity contribution in [2.75, 3.05) is 18.4 Å². The second-order valence-electron chi connectivity index (χ2n) is 6.65. The molecule has 2 aromatic heterocycles. The van der Waals surface area contributed by atoms with E-state index in [0.717, 1.165) is 43.7 Å². The number of anilines is 1. The van der Waals surface area contributed by atoms with Crippen LogP contribution in [0.4, 0.5) is 5.13 Å². The van der Waals surface area contributed by atoms with E-state index in [4.69, 9.17) is 0 Å². The molecule has 1 amide bonds. The quantitative estimate of drug-likeness (QED) is 0.708. The molecule has 0 bridgehead atoms. The Morgan fingerprint density at radius 2 is 2.04 bits per heavy atom. The molecule has 0 atom stereocenters. The van der Waals surface area contributed by atoms with Crippen molar-refractivity contribution in [1.29, 1.82) is 0 Å². The van der Waals surface area contributed by atoms with E-state index in [1.54, 1.807) is 17.5 Å². The Hall–Kier alpha value is -2.51. The molecule has 0 unspecified atom stereocenters. The summed E-state index contributed by atoms with van der Waals surface area (Å²) in [5, 5.41) is 11.4. The van der Waals surface area contributed by atoms with E-state index < -0.39 is 0 Å². The monoisotopic (exact) mass is 381 g/mol.